The summed E-state index contributed by atoms with van der Waals surface area (Å²) in [5, 5.41) is 19.4. The highest BCUT2D eigenvalue weighted by Gasteiger charge is 2.24. The number of hydrogen-bond acceptors (Lipinski definition) is 3. The Kier molecular flexibility index (Phi) is 9.23. The summed E-state index contributed by atoms with van der Waals surface area (Å²) in [7, 11) is 0. The predicted octanol–water partition coefficient (Wildman–Crippen LogP) is 18.1. The van der Waals surface area contributed by atoms with Gasteiger partial charge in [-0.2, -0.15) is 5.26 Å². The maximum absolute atomic E-state index is 9.77. The fourth-order valence-electron chi connectivity index (χ4n) is 11.3. The fourth-order valence-corrected chi connectivity index (χ4v) is 11.3. The second-order valence-electron chi connectivity index (χ2n) is 18.3. The van der Waals surface area contributed by atoms with Crippen LogP contribution in [0.5, 0.6) is 0 Å². The van der Waals surface area contributed by atoms with Crippen LogP contribution in [0.2, 0.25) is 0 Å². The lowest BCUT2D eigenvalue weighted by Crippen LogP contribution is -2.11. The quantitative estimate of drug-likeness (QED) is 0.107. The zero-order valence-electron chi connectivity index (χ0n) is 38.8. The van der Waals surface area contributed by atoms with Crippen molar-refractivity contribution in [2.45, 2.75) is 0 Å². The molecule has 14 rings (SSSR count). The summed E-state index contributed by atoms with van der Waals surface area (Å²) < 4.78 is 4.75. The molecule has 0 saturated heterocycles. The highest BCUT2D eigenvalue weighted by atomic mass is 15.2. The Morgan fingerprint density at radius 2 is 0.764 bits per heavy atom. The molecule has 14 aromatic rings. The van der Waals surface area contributed by atoms with E-state index in [0.29, 0.717) is 11.3 Å². The van der Waals surface area contributed by atoms with Crippen LogP contribution in [0.3, 0.4) is 0 Å². The van der Waals surface area contributed by atoms with Gasteiger partial charge in [-0.3, -0.25) is 0 Å². The van der Waals surface area contributed by atoms with Crippen LogP contribution < -0.4 is 9.80 Å². The first-order chi connectivity index (χ1) is 35.6. The van der Waals surface area contributed by atoms with Crippen LogP contribution in [0.4, 0.5) is 39.8 Å². The van der Waals surface area contributed by atoms with Crippen molar-refractivity contribution in [3.63, 3.8) is 0 Å². The molecule has 6 heteroatoms. The number of rotatable bonds is 9. The molecule has 6 nitrogen and oxygen atoms in total. The summed E-state index contributed by atoms with van der Waals surface area (Å²) >= 11 is 0. The van der Waals surface area contributed by atoms with Gasteiger partial charge in [-0.05, 0) is 143 Å². The minimum atomic E-state index is 0.601. The van der Waals surface area contributed by atoms with Gasteiger partial charge in [0.1, 0.15) is 0 Å². The van der Waals surface area contributed by atoms with Gasteiger partial charge in [-0.15, -0.1) is 0 Å². The van der Waals surface area contributed by atoms with Crippen molar-refractivity contribution < 1.29 is 0 Å². The zero-order chi connectivity index (χ0) is 47.9. The normalized spacial score (nSPS) is 11.6. The van der Waals surface area contributed by atoms with E-state index in [9.17, 15) is 5.26 Å². The molecule has 2 heterocycles. The van der Waals surface area contributed by atoms with Gasteiger partial charge in [-0.25, -0.2) is 4.85 Å². The van der Waals surface area contributed by atoms with Gasteiger partial charge in [0.25, 0.3) is 0 Å². The van der Waals surface area contributed by atoms with Gasteiger partial charge in [0.05, 0.1) is 51.6 Å². The number of nitriles is 1. The summed E-state index contributed by atoms with van der Waals surface area (Å²) in [6.45, 7) is 7.69. The van der Waals surface area contributed by atoms with E-state index < -0.39 is 0 Å². The number of benzene rings is 12. The number of hydrogen-bond donors (Lipinski definition) is 0. The first-order valence-corrected chi connectivity index (χ1v) is 24.1. The molecule has 2 aromatic heterocycles. The Morgan fingerprint density at radius 3 is 1.18 bits per heavy atom. The minimum Gasteiger partial charge on any atom is -0.310 e. The van der Waals surface area contributed by atoms with E-state index in [1.807, 2.05) is 48.5 Å². The van der Waals surface area contributed by atoms with Gasteiger partial charge >= 0.3 is 0 Å². The van der Waals surface area contributed by atoms with Crippen LogP contribution in [0.15, 0.2) is 243 Å². The monoisotopic (exact) mass is 916 g/mol. The third-order valence-corrected chi connectivity index (χ3v) is 14.5. The van der Waals surface area contributed by atoms with Crippen molar-refractivity contribution >= 4 is 105 Å². The molecule has 0 spiro atoms. The van der Waals surface area contributed by atoms with Gasteiger partial charge in [0, 0.05) is 66.4 Å². The second kappa shape index (κ2) is 16.2. The minimum absolute atomic E-state index is 0.601. The van der Waals surface area contributed by atoms with E-state index in [4.69, 9.17) is 6.57 Å². The van der Waals surface area contributed by atoms with Gasteiger partial charge in [0.15, 0.2) is 5.69 Å². The molecular formula is C66H40N6. The van der Waals surface area contributed by atoms with E-state index in [1.165, 1.54) is 43.4 Å². The number of para-hydroxylation sites is 2. The summed E-state index contributed by atoms with van der Waals surface area (Å²) in [4.78, 5) is 8.33. The Labute approximate surface area is 415 Å². The Balaban J connectivity index is 0.870. The first kappa shape index (κ1) is 40.9. The lowest BCUT2D eigenvalue weighted by Gasteiger charge is -2.28. The highest BCUT2D eigenvalue weighted by Crippen LogP contribution is 2.48. The summed E-state index contributed by atoms with van der Waals surface area (Å²) in [5.74, 6) is 0. The zero-order valence-corrected chi connectivity index (χ0v) is 38.8. The Morgan fingerprint density at radius 1 is 0.361 bits per heavy atom. The molecule has 0 saturated carbocycles. The van der Waals surface area contributed by atoms with Crippen molar-refractivity contribution in [1.29, 1.82) is 5.26 Å². The predicted molar refractivity (Wildman–Crippen MR) is 298 cm³/mol. The average molecular weight is 917 g/mol. The van der Waals surface area contributed by atoms with Crippen molar-refractivity contribution in [3.05, 3.63) is 260 Å². The topological polar surface area (TPSA) is 44.5 Å². The van der Waals surface area contributed by atoms with Gasteiger partial charge in [0.2, 0.25) is 0 Å². The third-order valence-electron chi connectivity index (χ3n) is 14.5. The summed E-state index contributed by atoms with van der Waals surface area (Å²) in [6.07, 6.45) is 0. The summed E-state index contributed by atoms with van der Waals surface area (Å²) in [6, 6.07) is 87.9. The van der Waals surface area contributed by atoms with Gasteiger partial charge < -0.3 is 18.9 Å². The molecule has 72 heavy (non-hydrogen) atoms. The lowest BCUT2D eigenvalue weighted by atomic mass is 9.99. The fraction of sp³-hybridized carbons (Fsp3) is 0. The van der Waals surface area contributed by atoms with Crippen LogP contribution in [0.25, 0.3) is 92.5 Å². The molecule has 0 aliphatic carbocycles. The molecular weight excluding hydrogens is 877 g/mol. The summed E-state index contributed by atoms with van der Waals surface area (Å²) in [5.41, 5.74) is 16.4. The second-order valence-corrected chi connectivity index (χ2v) is 18.3. The van der Waals surface area contributed by atoms with Crippen molar-refractivity contribution in [2.24, 2.45) is 0 Å². The van der Waals surface area contributed by atoms with Crippen LogP contribution in [-0.2, 0) is 0 Å². The van der Waals surface area contributed by atoms with E-state index in [-0.39, 0.29) is 0 Å². The molecule has 0 N–H and O–H groups in total. The molecule has 0 amide bonds. The van der Waals surface area contributed by atoms with E-state index in [0.717, 1.165) is 78.4 Å². The standard InChI is InChI=1S/C66H40N6/c1-68-48-26-34-54(35-27-48)70(58-39-41-62-66-56(58)37-25-47-11-9-17-60(64(47)66)72(62)50-14-6-3-7-15-50)53-32-22-45(23-33-53)44-20-30-52(31-21-44)69(51-28-18-43(42-67)19-29-51)57-38-40-61-65-55(57)36-24-46-10-8-16-59(63(46)65)71(61)49-12-4-2-5-13-49/h2-41H. The largest absolute Gasteiger partial charge is 0.310 e. The molecule has 0 aliphatic heterocycles. The highest BCUT2D eigenvalue weighted by molar-refractivity contribution is 6.28. The van der Waals surface area contributed by atoms with Gasteiger partial charge in [-0.1, -0.05) is 121 Å². The van der Waals surface area contributed by atoms with E-state index in [2.05, 4.69) is 224 Å². The number of anilines is 6. The third kappa shape index (κ3) is 6.27. The number of nitrogens with zero attached hydrogens (tertiary/aromatic N) is 6. The van der Waals surface area contributed by atoms with Crippen LogP contribution >= 0.6 is 0 Å². The maximum atomic E-state index is 9.77. The lowest BCUT2D eigenvalue weighted by molar-refractivity contribution is 1.18. The molecule has 334 valence electrons. The van der Waals surface area contributed by atoms with Crippen molar-refractivity contribution in [2.75, 3.05) is 9.80 Å². The SMILES string of the molecule is [C-]#[N+]c1ccc(N(c2ccc(-c3ccc(N(c4ccc(C#N)cc4)c4ccc5c6c4ccc4cccc(c46)n5-c4ccccc4)cc3)cc2)c2ccc3c4c2ccc2cccc(c24)n3-c2ccccc2)cc1. The Bertz CT molecular complexity index is 4140. The average Bonchev–Trinajstić information content (AvgIpc) is 3.98. The molecule has 0 aliphatic rings. The van der Waals surface area contributed by atoms with Crippen LogP contribution in [-0.4, -0.2) is 9.13 Å². The maximum Gasteiger partial charge on any atom is 0.187 e. The molecule has 0 unspecified atom stereocenters. The number of aromatic nitrogens is 2. The Hall–Kier alpha value is -10.1. The van der Waals surface area contributed by atoms with Crippen molar-refractivity contribution in [1.82, 2.24) is 9.13 Å². The van der Waals surface area contributed by atoms with E-state index in [1.54, 1.807) is 0 Å². The van der Waals surface area contributed by atoms with Crippen LogP contribution in [0.1, 0.15) is 5.56 Å². The first-order valence-electron chi connectivity index (χ1n) is 24.1. The smallest absolute Gasteiger partial charge is 0.187 e. The van der Waals surface area contributed by atoms with E-state index >= 15 is 0 Å². The molecule has 0 radical (unpaired) electrons. The molecule has 0 bridgehead atoms. The van der Waals surface area contributed by atoms with Crippen LogP contribution in [0, 0.1) is 17.9 Å². The molecule has 12 aromatic carbocycles. The van der Waals surface area contributed by atoms with Crippen molar-refractivity contribution in [3.8, 4) is 28.6 Å². The molecule has 0 fully saturated rings. The molecule has 0 atom stereocenters.